The Morgan fingerprint density at radius 3 is 2.22 bits per heavy atom. The monoisotopic (exact) mass is 312 g/mol. The van der Waals surface area contributed by atoms with Crippen LogP contribution in [0.25, 0.3) is 0 Å². The summed E-state index contributed by atoms with van der Waals surface area (Å²) < 4.78 is 4.98. The molecule has 0 atom stereocenters. The highest BCUT2D eigenvalue weighted by Crippen LogP contribution is 2.19. The second-order valence-electron chi connectivity index (χ2n) is 5.48. The van der Waals surface area contributed by atoms with Crippen molar-refractivity contribution in [2.45, 2.75) is 26.7 Å². The van der Waals surface area contributed by atoms with Crippen molar-refractivity contribution >= 4 is 23.4 Å². The third kappa shape index (κ3) is 5.14. The molecular formula is C18H20N2O3. The molecule has 0 radical (unpaired) electrons. The van der Waals surface area contributed by atoms with Crippen LogP contribution in [0, 0.1) is 0 Å². The molecule has 23 heavy (non-hydrogen) atoms. The lowest BCUT2D eigenvalue weighted by Crippen LogP contribution is -2.19. The number of benzene rings is 2. The number of nitrogens with one attached hydrogen (secondary N) is 2. The minimum atomic E-state index is -0.406. The number of amides is 2. The molecule has 0 bridgehead atoms. The molecule has 0 fully saturated rings. The summed E-state index contributed by atoms with van der Waals surface area (Å²) in [4.78, 5) is 22.9. The largest absolute Gasteiger partial charge is 0.427 e. The van der Waals surface area contributed by atoms with Crippen molar-refractivity contribution in [3.05, 3.63) is 54.1 Å². The summed E-state index contributed by atoms with van der Waals surface area (Å²) >= 11 is 0. The number of urea groups is 1. The van der Waals surface area contributed by atoms with E-state index >= 15 is 0 Å². The highest BCUT2D eigenvalue weighted by atomic mass is 16.5. The Morgan fingerprint density at radius 2 is 1.61 bits per heavy atom. The predicted octanol–water partition coefficient (Wildman–Crippen LogP) is 4.38. The quantitative estimate of drug-likeness (QED) is 0.650. The van der Waals surface area contributed by atoms with Crippen LogP contribution in [0.1, 0.15) is 32.3 Å². The third-order valence-corrected chi connectivity index (χ3v) is 3.19. The molecule has 0 heterocycles. The van der Waals surface area contributed by atoms with Crippen molar-refractivity contribution in [3.63, 3.8) is 0 Å². The van der Waals surface area contributed by atoms with Gasteiger partial charge in [0.25, 0.3) is 0 Å². The Balaban J connectivity index is 1.97. The fraction of sp³-hybridized carbons (Fsp3) is 0.222. The Morgan fingerprint density at radius 1 is 0.957 bits per heavy atom. The van der Waals surface area contributed by atoms with Gasteiger partial charge in [0.2, 0.25) is 0 Å². The average molecular weight is 312 g/mol. The van der Waals surface area contributed by atoms with Gasteiger partial charge in [0.15, 0.2) is 0 Å². The molecule has 120 valence electrons. The summed E-state index contributed by atoms with van der Waals surface area (Å²) in [5.41, 5.74) is 2.47. The van der Waals surface area contributed by atoms with E-state index in [-0.39, 0.29) is 6.03 Å². The van der Waals surface area contributed by atoms with Gasteiger partial charge in [-0.15, -0.1) is 0 Å². The van der Waals surface area contributed by atoms with Gasteiger partial charge in [0.05, 0.1) is 0 Å². The van der Waals surface area contributed by atoms with E-state index in [1.165, 1.54) is 12.5 Å². The fourth-order valence-electron chi connectivity index (χ4n) is 2.05. The van der Waals surface area contributed by atoms with Gasteiger partial charge in [-0.05, 0) is 35.7 Å². The number of anilines is 2. The van der Waals surface area contributed by atoms with Gasteiger partial charge in [0, 0.05) is 24.4 Å². The lowest BCUT2D eigenvalue weighted by molar-refractivity contribution is -0.131. The molecular weight excluding hydrogens is 292 g/mol. The van der Waals surface area contributed by atoms with Crippen molar-refractivity contribution in [3.8, 4) is 5.75 Å². The summed E-state index contributed by atoms with van der Waals surface area (Å²) in [7, 11) is 0. The number of hydrogen-bond donors (Lipinski definition) is 2. The first-order valence-electron chi connectivity index (χ1n) is 7.40. The van der Waals surface area contributed by atoms with Gasteiger partial charge in [0.1, 0.15) is 5.75 Å². The number of esters is 1. The number of carbonyl (C=O) groups is 2. The first-order valence-corrected chi connectivity index (χ1v) is 7.40. The van der Waals surface area contributed by atoms with Crippen molar-refractivity contribution in [2.75, 3.05) is 10.6 Å². The second kappa shape index (κ2) is 7.45. The SMILES string of the molecule is CC(=O)Oc1cccc(NC(=O)Nc2ccc(C(C)C)cc2)c1. The van der Waals surface area contributed by atoms with Gasteiger partial charge in [-0.25, -0.2) is 4.79 Å². The predicted molar refractivity (Wildman–Crippen MR) is 90.9 cm³/mol. The molecule has 2 aromatic rings. The van der Waals surface area contributed by atoms with Gasteiger partial charge in [-0.3, -0.25) is 4.79 Å². The molecule has 0 aromatic heterocycles. The molecule has 0 saturated carbocycles. The van der Waals surface area contributed by atoms with Gasteiger partial charge >= 0.3 is 12.0 Å². The van der Waals surface area contributed by atoms with E-state index in [1.54, 1.807) is 24.3 Å². The Kier molecular flexibility index (Phi) is 5.36. The van der Waals surface area contributed by atoms with Gasteiger partial charge < -0.3 is 15.4 Å². The van der Waals surface area contributed by atoms with Crippen molar-refractivity contribution < 1.29 is 14.3 Å². The minimum absolute atomic E-state index is 0.359. The molecule has 0 saturated heterocycles. The lowest BCUT2D eigenvalue weighted by Gasteiger charge is -2.10. The zero-order valence-electron chi connectivity index (χ0n) is 13.4. The van der Waals surface area contributed by atoms with Crippen molar-refractivity contribution in [2.24, 2.45) is 0 Å². The van der Waals surface area contributed by atoms with Crippen LogP contribution >= 0.6 is 0 Å². The molecule has 0 unspecified atom stereocenters. The van der Waals surface area contributed by atoms with E-state index in [2.05, 4.69) is 24.5 Å². The second-order valence-corrected chi connectivity index (χ2v) is 5.48. The minimum Gasteiger partial charge on any atom is -0.427 e. The molecule has 2 amide bonds. The molecule has 0 aliphatic heterocycles. The standard InChI is InChI=1S/C18H20N2O3/c1-12(2)14-7-9-15(10-8-14)19-18(22)20-16-5-4-6-17(11-16)23-13(3)21/h4-12H,1-3H3,(H2,19,20,22). The molecule has 0 spiro atoms. The van der Waals surface area contributed by atoms with Crippen LogP contribution in [-0.2, 0) is 4.79 Å². The van der Waals surface area contributed by atoms with Crippen LogP contribution < -0.4 is 15.4 Å². The summed E-state index contributed by atoms with van der Waals surface area (Å²) in [6.45, 7) is 5.56. The highest BCUT2D eigenvalue weighted by Gasteiger charge is 2.05. The number of rotatable bonds is 4. The number of carbonyl (C=O) groups excluding carboxylic acids is 2. The zero-order chi connectivity index (χ0) is 16.8. The summed E-state index contributed by atoms with van der Waals surface area (Å²) in [5.74, 6) is 0.426. The smallest absolute Gasteiger partial charge is 0.323 e. The van der Waals surface area contributed by atoms with E-state index in [1.807, 2.05) is 24.3 Å². The first kappa shape index (κ1) is 16.5. The summed E-state index contributed by atoms with van der Waals surface area (Å²) in [6, 6.07) is 14.0. The Labute approximate surface area is 135 Å². The van der Waals surface area contributed by atoms with Crippen molar-refractivity contribution in [1.82, 2.24) is 0 Å². The topological polar surface area (TPSA) is 67.4 Å². The maximum absolute atomic E-state index is 12.0. The maximum Gasteiger partial charge on any atom is 0.323 e. The van der Waals surface area contributed by atoms with E-state index in [4.69, 9.17) is 4.74 Å². The van der Waals surface area contributed by atoms with Crippen LogP contribution in [0.5, 0.6) is 5.75 Å². The van der Waals surface area contributed by atoms with Crippen LogP contribution in [0.3, 0.4) is 0 Å². The number of ether oxygens (including phenoxy) is 1. The van der Waals surface area contributed by atoms with Crippen LogP contribution in [0.2, 0.25) is 0 Å². The van der Waals surface area contributed by atoms with Crippen LogP contribution in [0.15, 0.2) is 48.5 Å². The van der Waals surface area contributed by atoms with E-state index < -0.39 is 5.97 Å². The van der Waals surface area contributed by atoms with Gasteiger partial charge in [-0.1, -0.05) is 32.0 Å². The van der Waals surface area contributed by atoms with Gasteiger partial charge in [-0.2, -0.15) is 0 Å². The normalized spacial score (nSPS) is 10.3. The summed E-state index contributed by atoms with van der Waals surface area (Å²) in [5, 5.41) is 5.46. The molecule has 2 aromatic carbocycles. The molecule has 5 heteroatoms. The Hall–Kier alpha value is -2.82. The lowest BCUT2D eigenvalue weighted by atomic mass is 10.0. The highest BCUT2D eigenvalue weighted by molar-refractivity contribution is 5.99. The van der Waals surface area contributed by atoms with E-state index in [0.717, 1.165) is 0 Å². The number of hydrogen-bond acceptors (Lipinski definition) is 3. The van der Waals surface area contributed by atoms with E-state index in [9.17, 15) is 9.59 Å². The third-order valence-electron chi connectivity index (χ3n) is 3.19. The molecule has 2 N–H and O–H groups in total. The van der Waals surface area contributed by atoms with E-state index in [0.29, 0.717) is 23.0 Å². The Bertz CT molecular complexity index is 694. The zero-order valence-corrected chi connectivity index (χ0v) is 13.4. The molecule has 0 aliphatic rings. The molecule has 0 aliphatic carbocycles. The first-order chi connectivity index (χ1) is 10.9. The fourth-order valence-corrected chi connectivity index (χ4v) is 2.05. The van der Waals surface area contributed by atoms with Crippen molar-refractivity contribution in [1.29, 1.82) is 0 Å². The van der Waals surface area contributed by atoms with Crippen LogP contribution in [-0.4, -0.2) is 12.0 Å². The average Bonchev–Trinajstić information content (AvgIpc) is 2.47. The summed E-state index contributed by atoms with van der Waals surface area (Å²) in [6.07, 6.45) is 0. The maximum atomic E-state index is 12.0. The van der Waals surface area contributed by atoms with Crippen LogP contribution in [0.4, 0.5) is 16.2 Å². The molecule has 2 rings (SSSR count). The molecule has 5 nitrogen and oxygen atoms in total.